The zero-order chi connectivity index (χ0) is 14.1. The number of thiophene rings is 1. The predicted molar refractivity (Wildman–Crippen MR) is 84.5 cm³/mol. The van der Waals surface area contributed by atoms with E-state index in [1.165, 1.54) is 23.5 Å². The summed E-state index contributed by atoms with van der Waals surface area (Å²) in [5.74, 6) is 0.00959. The molecule has 1 aliphatic heterocycles. The fraction of sp³-hybridized carbons (Fsp3) is 0.308. The molecule has 21 heavy (non-hydrogen) atoms. The molecule has 6 nitrogen and oxygen atoms in total. The molecule has 1 fully saturated rings. The van der Waals surface area contributed by atoms with Crippen molar-refractivity contribution in [2.24, 2.45) is 0 Å². The van der Waals surface area contributed by atoms with E-state index in [4.69, 9.17) is 0 Å². The third-order valence-corrected chi connectivity index (χ3v) is 4.43. The monoisotopic (exact) mass is 327 g/mol. The second-order valence-corrected chi connectivity index (χ2v) is 5.72. The molecule has 2 heterocycles. The average molecular weight is 328 g/mol. The molecular weight excluding hydrogens is 314 g/mol. The summed E-state index contributed by atoms with van der Waals surface area (Å²) in [6.07, 6.45) is 0. The van der Waals surface area contributed by atoms with Crippen LogP contribution in [-0.2, 0) is 0 Å². The third kappa shape index (κ3) is 3.15. The number of carbonyl (C=O) groups excluding carboxylic acids is 1. The number of benzene rings is 1. The fourth-order valence-corrected chi connectivity index (χ4v) is 3.28. The van der Waals surface area contributed by atoms with Crippen LogP contribution in [0, 0.1) is 10.1 Å². The van der Waals surface area contributed by atoms with Crippen molar-refractivity contribution in [3.05, 3.63) is 39.3 Å². The molecule has 0 spiro atoms. The molecule has 8 heteroatoms. The first-order chi connectivity index (χ1) is 9.65. The lowest BCUT2D eigenvalue weighted by Gasteiger charge is -2.26. The number of nitrogens with zero attached hydrogens (tertiary/aromatic N) is 2. The molecular formula is C13H14ClN3O3S. The van der Waals surface area contributed by atoms with Gasteiger partial charge in [-0.15, -0.1) is 23.7 Å². The van der Waals surface area contributed by atoms with Crippen molar-refractivity contribution < 1.29 is 9.72 Å². The van der Waals surface area contributed by atoms with Gasteiger partial charge in [0, 0.05) is 48.4 Å². The molecule has 0 radical (unpaired) electrons. The molecule has 3 rings (SSSR count). The summed E-state index contributed by atoms with van der Waals surface area (Å²) in [7, 11) is 0. The number of hydrogen-bond donors (Lipinski definition) is 1. The highest BCUT2D eigenvalue weighted by molar-refractivity contribution is 7.20. The van der Waals surface area contributed by atoms with Crippen LogP contribution in [0.5, 0.6) is 0 Å². The summed E-state index contributed by atoms with van der Waals surface area (Å²) >= 11 is 1.39. The van der Waals surface area contributed by atoms with E-state index in [-0.39, 0.29) is 24.0 Å². The molecule has 112 valence electrons. The largest absolute Gasteiger partial charge is 0.335 e. The van der Waals surface area contributed by atoms with Gasteiger partial charge in [-0.05, 0) is 12.1 Å². The van der Waals surface area contributed by atoms with Crippen molar-refractivity contribution >= 4 is 45.4 Å². The van der Waals surface area contributed by atoms with Gasteiger partial charge in [-0.1, -0.05) is 0 Å². The molecule has 1 aromatic carbocycles. The number of nitro groups is 1. The van der Waals surface area contributed by atoms with Crippen molar-refractivity contribution in [1.82, 2.24) is 10.2 Å². The van der Waals surface area contributed by atoms with Gasteiger partial charge in [-0.3, -0.25) is 14.9 Å². The lowest BCUT2D eigenvalue weighted by atomic mass is 10.2. The van der Waals surface area contributed by atoms with Gasteiger partial charge in [-0.2, -0.15) is 0 Å². The number of carbonyl (C=O) groups is 1. The molecule has 1 N–H and O–H groups in total. The minimum Gasteiger partial charge on any atom is -0.335 e. The second kappa shape index (κ2) is 6.38. The van der Waals surface area contributed by atoms with Crippen LogP contribution in [0.3, 0.4) is 0 Å². The first-order valence-electron chi connectivity index (χ1n) is 6.33. The first-order valence-corrected chi connectivity index (χ1v) is 7.15. The van der Waals surface area contributed by atoms with Crippen LogP contribution in [-0.4, -0.2) is 41.9 Å². The van der Waals surface area contributed by atoms with E-state index >= 15 is 0 Å². The maximum absolute atomic E-state index is 12.4. The van der Waals surface area contributed by atoms with Gasteiger partial charge in [-0.25, -0.2) is 0 Å². The van der Waals surface area contributed by atoms with Crippen LogP contribution in [0.25, 0.3) is 10.1 Å². The number of rotatable bonds is 2. The Kier molecular flexibility index (Phi) is 4.76. The molecule has 0 atom stereocenters. The number of non-ortho nitro benzene ring substituents is 1. The van der Waals surface area contributed by atoms with Gasteiger partial charge in [0.1, 0.15) is 0 Å². The lowest BCUT2D eigenvalue weighted by Crippen LogP contribution is -2.46. The minimum atomic E-state index is -0.422. The summed E-state index contributed by atoms with van der Waals surface area (Å²) in [5, 5.41) is 14.7. The third-order valence-electron chi connectivity index (χ3n) is 3.33. The number of nitro benzene ring substituents is 1. The quantitative estimate of drug-likeness (QED) is 0.678. The number of nitrogens with one attached hydrogen (secondary N) is 1. The Hall–Kier alpha value is -1.70. The maximum Gasteiger partial charge on any atom is 0.270 e. The molecule has 0 bridgehead atoms. The highest BCUT2D eigenvalue weighted by Crippen LogP contribution is 2.29. The number of fused-ring (bicyclic) bond motifs is 1. The maximum atomic E-state index is 12.4. The van der Waals surface area contributed by atoms with Gasteiger partial charge in [0.2, 0.25) is 0 Å². The smallest absolute Gasteiger partial charge is 0.270 e. The van der Waals surface area contributed by atoms with E-state index in [9.17, 15) is 14.9 Å². The summed E-state index contributed by atoms with van der Waals surface area (Å²) in [4.78, 5) is 25.2. The SMILES string of the molecule is Cl.O=C(c1cc2cc([N+](=O)[O-])ccc2s1)N1CCNCC1. The molecule has 1 saturated heterocycles. The van der Waals surface area contributed by atoms with Gasteiger partial charge >= 0.3 is 0 Å². The topological polar surface area (TPSA) is 75.5 Å². The number of piperazine rings is 1. The van der Waals surface area contributed by atoms with Crippen molar-refractivity contribution in [3.63, 3.8) is 0 Å². The van der Waals surface area contributed by atoms with Gasteiger partial charge < -0.3 is 10.2 Å². The van der Waals surface area contributed by atoms with Gasteiger partial charge in [0.25, 0.3) is 11.6 Å². The lowest BCUT2D eigenvalue weighted by molar-refractivity contribution is -0.384. The summed E-state index contributed by atoms with van der Waals surface area (Å²) in [5.41, 5.74) is 0.0523. The highest BCUT2D eigenvalue weighted by Gasteiger charge is 2.20. The molecule has 0 saturated carbocycles. The zero-order valence-corrected chi connectivity index (χ0v) is 12.7. The number of amides is 1. The Labute approximate surface area is 131 Å². The van der Waals surface area contributed by atoms with E-state index in [0.717, 1.165) is 23.2 Å². The Bertz CT molecular complexity index is 682. The van der Waals surface area contributed by atoms with Crippen LogP contribution < -0.4 is 5.32 Å². The average Bonchev–Trinajstić information content (AvgIpc) is 2.90. The summed E-state index contributed by atoms with van der Waals surface area (Å²) < 4.78 is 0.897. The number of hydrogen-bond acceptors (Lipinski definition) is 5. The number of halogens is 1. The predicted octanol–water partition coefficient (Wildman–Crippen LogP) is 2.28. The summed E-state index contributed by atoms with van der Waals surface area (Å²) in [6, 6.07) is 6.43. The summed E-state index contributed by atoms with van der Waals surface area (Å²) in [6.45, 7) is 3.02. The molecule has 1 aromatic heterocycles. The standard InChI is InChI=1S/C13H13N3O3S.ClH/c17-13(15-5-3-14-4-6-15)12-8-9-7-10(16(18)19)1-2-11(9)20-12;/h1-2,7-8,14H,3-6H2;1H. The Morgan fingerprint density at radius 3 is 2.67 bits per heavy atom. The van der Waals surface area contributed by atoms with Crippen molar-refractivity contribution in [3.8, 4) is 0 Å². The second-order valence-electron chi connectivity index (χ2n) is 4.63. The zero-order valence-electron chi connectivity index (χ0n) is 11.1. The van der Waals surface area contributed by atoms with E-state index < -0.39 is 4.92 Å². The van der Waals surface area contributed by atoms with Crippen LogP contribution in [0.15, 0.2) is 24.3 Å². The minimum absolute atomic E-state index is 0. The normalized spacial score (nSPS) is 14.8. The molecule has 2 aromatic rings. The van der Waals surface area contributed by atoms with E-state index in [1.807, 2.05) is 4.90 Å². The van der Waals surface area contributed by atoms with Gasteiger partial charge in [0.05, 0.1) is 9.80 Å². The highest BCUT2D eigenvalue weighted by atomic mass is 35.5. The van der Waals surface area contributed by atoms with Crippen LogP contribution >= 0.6 is 23.7 Å². The van der Waals surface area contributed by atoms with E-state index in [0.29, 0.717) is 18.0 Å². The van der Waals surface area contributed by atoms with Crippen LogP contribution in [0.4, 0.5) is 5.69 Å². The molecule has 1 aliphatic rings. The Morgan fingerprint density at radius 2 is 2.00 bits per heavy atom. The Balaban J connectivity index is 0.00000161. The molecule has 0 aliphatic carbocycles. The van der Waals surface area contributed by atoms with E-state index in [2.05, 4.69) is 5.32 Å². The molecule has 1 amide bonds. The van der Waals surface area contributed by atoms with Crippen molar-refractivity contribution in [1.29, 1.82) is 0 Å². The Morgan fingerprint density at radius 1 is 1.29 bits per heavy atom. The first kappa shape index (κ1) is 15.7. The van der Waals surface area contributed by atoms with Crippen LogP contribution in [0.1, 0.15) is 9.67 Å². The fourth-order valence-electron chi connectivity index (χ4n) is 2.27. The molecule has 0 unspecified atom stereocenters. The van der Waals surface area contributed by atoms with Gasteiger partial charge in [0.15, 0.2) is 0 Å². The van der Waals surface area contributed by atoms with Crippen molar-refractivity contribution in [2.75, 3.05) is 26.2 Å². The van der Waals surface area contributed by atoms with E-state index in [1.54, 1.807) is 12.1 Å². The van der Waals surface area contributed by atoms with Crippen molar-refractivity contribution in [2.45, 2.75) is 0 Å². The van der Waals surface area contributed by atoms with Crippen LogP contribution in [0.2, 0.25) is 0 Å².